The van der Waals surface area contributed by atoms with Crippen molar-refractivity contribution in [3.63, 3.8) is 0 Å². The highest BCUT2D eigenvalue weighted by Gasteiger charge is 2.17. The number of hydrogen-bond acceptors (Lipinski definition) is 4. The van der Waals surface area contributed by atoms with E-state index in [4.69, 9.17) is 4.74 Å². The molecular weight excluding hydrogens is 232 g/mol. The fourth-order valence-electron chi connectivity index (χ4n) is 1.67. The molecule has 17 heavy (non-hydrogen) atoms. The monoisotopic (exact) mass is 253 g/mol. The Bertz CT molecular complexity index is 225. The van der Waals surface area contributed by atoms with Gasteiger partial charge in [0.2, 0.25) is 0 Å². The Labute approximate surface area is 101 Å². The van der Waals surface area contributed by atoms with Crippen molar-refractivity contribution in [3.05, 3.63) is 0 Å². The van der Waals surface area contributed by atoms with Crippen LogP contribution in [-0.2, 0) is 14.3 Å². The summed E-state index contributed by atoms with van der Waals surface area (Å²) in [6.07, 6.45) is 0. The fraction of sp³-hybridized carbons (Fsp3) is 0.909. The lowest BCUT2D eigenvalue weighted by atomic mass is 10.2. The first-order valence-electron chi connectivity index (χ1n) is 5.69. The molecule has 1 atom stereocenters. The van der Waals surface area contributed by atoms with Crippen LogP contribution < -0.4 is 0 Å². The van der Waals surface area contributed by atoms with Gasteiger partial charge < -0.3 is 9.47 Å². The topological polar surface area (TPSA) is 38.8 Å². The average molecular weight is 253 g/mol. The summed E-state index contributed by atoms with van der Waals surface area (Å²) in [5, 5.41) is 0. The minimum absolute atomic E-state index is 0.0514. The van der Waals surface area contributed by atoms with Gasteiger partial charge in [0, 0.05) is 12.1 Å². The van der Waals surface area contributed by atoms with Crippen molar-refractivity contribution < 1.29 is 23.0 Å². The highest BCUT2D eigenvalue weighted by molar-refractivity contribution is 5.70. The molecule has 0 aromatic rings. The SMILES string of the molecule is CCN(C(C)C)C(C)COC(=O)COC(F)F. The molecule has 0 aromatic heterocycles. The Morgan fingerprint density at radius 1 is 1.29 bits per heavy atom. The minimum Gasteiger partial charge on any atom is -0.462 e. The standard InChI is InChI=1S/C11H21F2NO3/c1-5-14(8(2)3)9(4)6-16-10(15)7-17-11(12)13/h8-9,11H,5-7H2,1-4H3. The van der Waals surface area contributed by atoms with E-state index in [2.05, 4.69) is 9.64 Å². The summed E-state index contributed by atoms with van der Waals surface area (Å²) in [6, 6.07) is 0.390. The number of carbonyl (C=O) groups excluding carboxylic acids is 1. The lowest BCUT2D eigenvalue weighted by molar-refractivity contribution is -0.171. The predicted molar refractivity (Wildman–Crippen MR) is 59.9 cm³/mol. The summed E-state index contributed by atoms with van der Waals surface area (Å²) in [5.41, 5.74) is 0. The third-order valence-corrected chi connectivity index (χ3v) is 2.41. The second-order valence-corrected chi connectivity index (χ2v) is 4.03. The van der Waals surface area contributed by atoms with E-state index in [1.54, 1.807) is 0 Å². The van der Waals surface area contributed by atoms with Gasteiger partial charge in [0.25, 0.3) is 0 Å². The molecule has 0 N–H and O–H groups in total. The number of rotatable bonds is 8. The second kappa shape index (κ2) is 8.36. The second-order valence-electron chi connectivity index (χ2n) is 4.03. The van der Waals surface area contributed by atoms with E-state index in [0.29, 0.717) is 6.04 Å². The van der Waals surface area contributed by atoms with Crippen molar-refractivity contribution >= 4 is 5.97 Å². The highest BCUT2D eigenvalue weighted by Crippen LogP contribution is 2.05. The maximum absolute atomic E-state index is 11.6. The van der Waals surface area contributed by atoms with Crippen molar-refractivity contribution in [2.75, 3.05) is 19.8 Å². The third-order valence-electron chi connectivity index (χ3n) is 2.41. The molecule has 0 bridgehead atoms. The van der Waals surface area contributed by atoms with Gasteiger partial charge in [-0.15, -0.1) is 0 Å². The Balaban J connectivity index is 3.89. The van der Waals surface area contributed by atoms with Gasteiger partial charge in [-0.1, -0.05) is 6.92 Å². The van der Waals surface area contributed by atoms with Crippen LogP contribution in [0.4, 0.5) is 8.78 Å². The van der Waals surface area contributed by atoms with Crippen molar-refractivity contribution in [1.82, 2.24) is 4.90 Å². The van der Waals surface area contributed by atoms with E-state index in [1.807, 2.05) is 27.7 Å². The zero-order valence-corrected chi connectivity index (χ0v) is 10.8. The van der Waals surface area contributed by atoms with Gasteiger partial charge in [0.15, 0.2) is 6.61 Å². The Morgan fingerprint density at radius 3 is 2.29 bits per heavy atom. The first-order chi connectivity index (χ1) is 7.88. The van der Waals surface area contributed by atoms with E-state index in [0.717, 1.165) is 6.54 Å². The number of alkyl halides is 2. The largest absolute Gasteiger partial charge is 0.462 e. The van der Waals surface area contributed by atoms with Gasteiger partial charge in [0.05, 0.1) is 0 Å². The molecule has 0 amide bonds. The molecule has 4 nitrogen and oxygen atoms in total. The lowest BCUT2D eigenvalue weighted by Gasteiger charge is -2.31. The molecule has 0 aromatic carbocycles. The summed E-state index contributed by atoms with van der Waals surface area (Å²) in [5.74, 6) is -0.767. The van der Waals surface area contributed by atoms with Crippen molar-refractivity contribution in [2.24, 2.45) is 0 Å². The van der Waals surface area contributed by atoms with Crippen molar-refractivity contribution in [1.29, 1.82) is 0 Å². The van der Waals surface area contributed by atoms with Crippen molar-refractivity contribution in [3.8, 4) is 0 Å². The summed E-state index contributed by atoms with van der Waals surface area (Å²) < 4.78 is 32.0. The molecule has 0 radical (unpaired) electrons. The van der Waals surface area contributed by atoms with Crippen molar-refractivity contribution in [2.45, 2.75) is 46.4 Å². The van der Waals surface area contributed by atoms with Gasteiger partial charge >= 0.3 is 12.6 Å². The predicted octanol–water partition coefficient (Wildman–Crippen LogP) is 1.89. The Hall–Kier alpha value is -0.750. The van der Waals surface area contributed by atoms with E-state index >= 15 is 0 Å². The van der Waals surface area contributed by atoms with Crippen LogP contribution in [0.25, 0.3) is 0 Å². The maximum Gasteiger partial charge on any atom is 0.345 e. The van der Waals surface area contributed by atoms with Gasteiger partial charge in [-0.3, -0.25) is 4.90 Å². The lowest BCUT2D eigenvalue weighted by Crippen LogP contribution is -2.41. The van der Waals surface area contributed by atoms with Gasteiger partial charge in [-0.2, -0.15) is 8.78 Å². The van der Waals surface area contributed by atoms with Crippen LogP contribution in [0.1, 0.15) is 27.7 Å². The fourth-order valence-corrected chi connectivity index (χ4v) is 1.67. The van der Waals surface area contributed by atoms with Gasteiger partial charge in [-0.25, -0.2) is 4.79 Å². The van der Waals surface area contributed by atoms with Crippen LogP contribution >= 0.6 is 0 Å². The quantitative estimate of drug-likeness (QED) is 0.619. The maximum atomic E-state index is 11.6. The van der Waals surface area contributed by atoms with Crippen LogP contribution in [0.5, 0.6) is 0 Å². The van der Waals surface area contributed by atoms with Crippen LogP contribution in [0, 0.1) is 0 Å². The third kappa shape index (κ3) is 7.23. The molecule has 102 valence electrons. The molecule has 0 spiro atoms. The number of halogens is 2. The molecule has 0 saturated carbocycles. The molecular formula is C11H21F2NO3. The summed E-state index contributed by atoms with van der Waals surface area (Å²) in [4.78, 5) is 13.2. The van der Waals surface area contributed by atoms with Gasteiger partial charge in [-0.05, 0) is 27.3 Å². The summed E-state index contributed by atoms with van der Waals surface area (Å²) >= 11 is 0. The molecule has 6 heteroatoms. The number of nitrogens with zero attached hydrogens (tertiary/aromatic N) is 1. The number of esters is 1. The number of ether oxygens (including phenoxy) is 2. The van der Waals surface area contributed by atoms with Crippen LogP contribution in [-0.4, -0.2) is 49.3 Å². The Kier molecular flexibility index (Phi) is 7.99. The number of hydrogen-bond donors (Lipinski definition) is 0. The van der Waals surface area contributed by atoms with E-state index in [-0.39, 0.29) is 12.6 Å². The van der Waals surface area contributed by atoms with E-state index < -0.39 is 19.2 Å². The van der Waals surface area contributed by atoms with Crippen LogP contribution in [0.2, 0.25) is 0 Å². The molecule has 0 saturated heterocycles. The molecule has 0 fully saturated rings. The van der Waals surface area contributed by atoms with Gasteiger partial charge in [0.1, 0.15) is 6.61 Å². The zero-order valence-electron chi connectivity index (χ0n) is 10.8. The highest BCUT2D eigenvalue weighted by atomic mass is 19.3. The molecule has 0 heterocycles. The van der Waals surface area contributed by atoms with E-state index in [9.17, 15) is 13.6 Å². The normalized spacial score (nSPS) is 13.5. The molecule has 0 aliphatic carbocycles. The zero-order chi connectivity index (χ0) is 13.4. The first kappa shape index (κ1) is 16.2. The molecule has 0 rings (SSSR count). The average Bonchev–Trinajstić information content (AvgIpc) is 2.23. The van der Waals surface area contributed by atoms with Crippen LogP contribution in [0.15, 0.2) is 0 Å². The minimum atomic E-state index is -2.94. The Morgan fingerprint density at radius 2 is 1.88 bits per heavy atom. The smallest absolute Gasteiger partial charge is 0.345 e. The first-order valence-corrected chi connectivity index (χ1v) is 5.69. The summed E-state index contributed by atoms with van der Waals surface area (Å²) in [7, 11) is 0. The molecule has 1 unspecified atom stereocenters. The molecule has 0 aliphatic heterocycles. The number of likely N-dealkylation sites (N-methyl/N-ethyl adjacent to an activating group) is 1. The molecule has 0 aliphatic rings. The number of carbonyl (C=O) groups is 1. The summed E-state index contributed by atoms with van der Waals surface area (Å²) in [6.45, 7) is 5.38. The van der Waals surface area contributed by atoms with E-state index in [1.165, 1.54) is 0 Å². The van der Waals surface area contributed by atoms with Crippen LogP contribution in [0.3, 0.4) is 0 Å².